The molecule has 5 nitrogen and oxygen atoms in total. The SMILES string of the molecule is C#CCS(=O)(=O)C(C)(C)C(=O)N1CCNCC1. The van der Waals surface area contributed by atoms with E-state index in [1.165, 1.54) is 13.8 Å². The number of amides is 1. The minimum absolute atomic E-state index is 0.366. The number of carbonyl (C=O) groups excluding carboxylic acids is 1. The summed E-state index contributed by atoms with van der Waals surface area (Å²) in [6.45, 7) is 5.30. The van der Waals surface area contributed by atoms with E-state index < -0.39 is 20.3 Å². The zero-order valence-electron chi connectivity index (χ0n) is 10.2. The van der Waals surface area contributed by atoms with Crippen molar-refractivity contribution in [2.24, 2.45) is 0 Å². The fraction of sp³-hybridized carbons (Fsp3) is 0.727. The number of nitrogens with zero attached hydrogens (tertiary/aromatic N) is 1. The molecule has 0 aromatic heterocycles. The van der Waals surface area contributed by atoms with E-state index in [0.717, 1.165) is 0 Å². The van der Waals surface area contributed by atoms with Gasteiger partial charge in [0.1, 0.15) is 10.5 Å². The lowest BCUT2D eigenvalue weighted by molar-refractivity contribution is -0.133. The molecule has 0 radical (unpaired) electrons. The van der Waals surface area contributed by atoms with Crippen molar-refractivity contribution in [2.45, 2.75) is 18.6 Å². The molecule has 0 saturated carbocycles. The second-order valence-electron chi connectivity index (χ2n) is 4.52. The van der Waals surface area contributed by atoms with Crippen LogP contribution in [0.1, 0.15) is 13.8 Å². The molecule has 0 aromatic carbocycles. The lowest BCUT2D eigenvalue weighted by Gasteiger charge is -2.33. The van der Waals surface area contributed by atoms with E-state index in [9.17, 15) is 13.2 Å². The van der Waals surface area contributed by atoms with Gasteiger partial charge in [0.25, 0.3) is 0 Å². The first-order chi connectivity index (χ1) is 7.83. The lowest BCUT2D eigenvalue weighted by Crippen LogP contribution is -2.55. The maximum Gasteiger partial charge on any atom is 0.243 e. The van der Waals surface area contributed by atoms with Crippen LogP contribution in [-0.4, -0.2) is 55.9 Å². The third kappa shape index (κ3) is 2.79. The number of hydrogen-bond acceptors (Lipinski definition) is 4. The first-order valence-electron chi connectivity index (χ1n) is 5.49. The molecule has 17 heavy (non-hydrogen) atoms. The highest BCUT2D eigenvalue weighted by molar-refractivity contribution is 7.93. The molecule has 0 bridgehead atoms. The van der Waals surface area contributed by atoms with E-state index in [4.69, 9.17) is 6.42 Å². The summed E-state index contributed by atoms with van der Waals surface area (Å²) in [5.74, 6) is 1.33. The molecule has 1 saturated heterocycles. The molecule has 1 aliphatic rings. The Hall–Kier alpha value is -1.06. The Bertz CT molecular complexity index is 428. The van der Waals surface area contributed by atoms with E-state index >= 15 is 0 Å². The van der Waals surface area contributed by atoms with Gasteiger partial charge in [0.2, 0.25) is 5.91 Å². The number of sulfone groups is 1. The van der Waals surface area contributed by atoms with E-state index in [2.05, 4.69) is 11.2 Å². The Morgan fingerprint density at radius 2 is 1.94 bits per heavy atom. The minimum atomic E-state index is -3.61. The fourth-order valence-corrected chi connectivity index (χ4v) is 2.65. The molecule has 1 rings (SSSR count). The van der Waals surface area contributed by atoms with Crippen molar-refractivity contribution in [3.63, 3.8) is 0 Å². The summed E-state index contributed by atoms with van der Waals surface area (Å²) >= 11 is 0. The lowest BCUT2D eigenvalue weighted by atomic mass is 10.1. The van der Waals surface area contributed by atoms with Crippen molar-refractivity contribution in [3.8, 4) is 12.3 Å². The Morgan fingerprint density at radius 1 is 1.41 bits per heavy atom. The second kappa shape index (κ2) is 5.07. The van der Waals surface area contributed by atoms with Crippen LogP contribution in [0.5, 0.6) is 0 Å². The highest BCUT2D eigenvalue weighted by Gasteiger charge is 2.43. The quantitative estimate of drug-likeness (QED) is 0.676. The Kier molecular flexibility index (Phi) is 4.17. The third-order valence-electron chi connectivity index (χ3n) is 2.97. The molecular formula is C11H18N2O3S. The van der Waals surface area contributed by atoms with Gasteiger partial charge in [0.15, 0.2) is 9.84 Å². The number of nitrogens with one attached hydrogen (secondary N) is 1. The van der Waals surface area contributed by atoms with Gasteiger partial charge in [0.05, 0.1) is 0 Å². The van der Waals surface area contributed by atoms with Crippen molar-refractivity contribution in [3.05, 3.63) is 0 Å². The standard InChI is InChI=1S/C11H18N2O3S/c1-4-9-17(15,16)11(2,3)10(14)13-7-5-12-6-8-13/h1,12H,5-9H2,2-3H3. The van der Waals surface area contributed by atoms with Crippen LogP contribution in [0.2, 0.25) is 0 Å². The van der Waals surface area contributed by atoms with Gasteiger partial charge < -0.3 is 10.2 Å². The molecule has 1 aliphatic heterocycles. The summed E-state index contributed by atoms with van der Waals surface area (Å²) in [6.07, 6.45) is 5.03. The zero-order valence-corrected chi connectivity index (χ0v) is 11.0. The summed E-state index contributed by atoms with van der Waals surface area (Å²) in [5, 5.41) is 3.11. The first kappa shape index (κ1) is 14.0. The van der Waals surface area contributed by atoms with Crippen LogP contribution in [0.3, 0.4) is 0 Å². The molecule has 0 aromatic rings. The van der Waals surface area contributed by atoms with E-state index in [1.807, 2.05) is 0 Å². The number of carbonyl (C=O) groups is 1. The van der Waals surface area contributed by atoms with Crippen molar-refractivity contribution < 1.29 is 13.2 Å². The summed E-state index contributed by atoms with van der Waals surface area (Å²) in [4.78, 5) is 13.8. The predicted octanol–water partition coefficient (Wildman–Crippen LogP) is -0.755. The van der Waals surface area contributed by atoms with E-state index in [0.29, 0.717) is 26.2 Å². The van der Waals surface area contributed by atoms with Crippen LogP contribution in [0.15, 0.2) is 0 Å². The van der Waals surface area contributed by atoms with Crippen LogP contribution in [0.25, 0.3) is 0 Å². The van der Waals surface area contributed by atoms with Crippen molar-refractivity contribution in [2.75, 3.05) is 31.9 Å². The fourth-order valence-electron chi connectivity index (χ4n) is 1.67. The van der Waals surface area contributed by atoms with Gasteiger partial charge in [-0.25, -0.2) is 8.42 Å². The molecular weight excluding hydrogens is 240 g/mol. The highest BCUT2D eigenvalue weighted by Crippen LogP contribution is 2.20. The maximum absolute atomic E-state index is 12.2. The van der Waals surface area contributed by atoms with Crippen LogP contribution < -0.4 is 5.32 Å². The monoisotopic (exact) mass is 258 g/mol. The normalized spacial score (nSPS) is 17.6. The smallest absolute Gasteiger partial charge is 0.243 e. The van der Waals surface area contributed by atoms with Crippen LogP contribution in [0, 0.1) is 12.3 Å². The molecule has 0 unspecified atom stereocenters. The molecule has 6 heteroatoms. The molecule has 0 aliphatic carbocycles. The highest BCUT2D eigenvalue weighted by atomic mass is 32.2. The maximum atomic E-state index is 12.2. The Morgan fingerprint density at radius 3 is 2.41 bits per heavy atom. The minimum Gasteiger partial charge on any atom is -0.339 e. The summed E-state index contributed by atoms with van der Waals surface area (Å²) in [5.41, 5.74) is 0. The molecule has 1 amide bonds. The molecule has 1 N–H and O–H groups in total. The van der Waals surface area contributed by atoms with E-state index in [-0.39, 0.29) is 5.91 Å². The Labute approximate surface area is 102 Å². The summed E-state index contributed by atoms with van der Waals surface area (Å²) in [7, 11) is -3.61. The van der Waals surface area contributed by atoms with Gasteiger partial charge in [-0.3, -0.25) is 4.79 Å². The average Bonchev–Trinajstić information content (AvgIpc) is 2.29. The van der Waals surface area contributed by atoms with Gasteiger partial charge in [-0.05, 0) is 13.8 Å². The summed E-state index contributed by atoms with van der Waals surface area (Å²) in [6, 6.07) is 0. The van der Waals surface area contributed by atoms with Gasteiger partial charge >= 0.3 is 0 Å². The third-order valence-corrected chi connectivity index (χ3v) is 5.25. The molecule has 1 heterocycles. The zero-order chi connectivity index (χ0) is 13.1. The first-order valence-corrected chi connectivity index (χ1v) is 7.14. The molecule has 0 atom stereocenters. The van der Waals surface area contributed by atoms with Gasteiger partial charge in [-0.2, -0.15) is 0 Å². The number of piperazine rings is 1. The van der Waals surface area contributed by atoms with Crippen LogP contribution >= 0.6 is 0 Å². The molecule has 96 valence electrons. The van der Waals surface area contributed by atoms with Gasteiger partial charge in [-0.1, -0.05) is 5.92 Å². The van der Waals surface area contributed by atoms with Gasteiger partial charge in [0, 0.05) is 26.2 Å². The number of hydrogen-bond donors (Lipinski definition) is 1. The van der Waals surface area contributed by atoms with Crippen LogP contribution in [0.4, 0.5) is 0 Å². The Balaban J connectivity index is 2.90. The summed E-state index contributed by atoms with van der Waals surface area (Å²) < 4.78 is 22.4. The van der Waals surface area contributed by atoms with E-state index in [1.54, 1.807) is 4.90 Å². The topological polar surface area (TPSA) is 66.5 Å². The van der Waals surface area contributed by atoms with Crippen molar-refractivity contribution in [1.82, 2.24) is 10.2 Å². The molecule has 0 spiro atoms. The predicted molar refractivity (Wildman–Crippen MR) is 66.1 cm³/mol. The second-order valence-corrected chi connectivity index (χ2v) is 7.05. The van der Waals surface area contributed by atoms with Crippen LogP contribution in [-0.2, 0) is 14.6 Å². The van der Waals surface area contributed by atoms with Crippen molar-refractivity contribution >= 4 is 15.7 Å². The van der Waals surface area contributed by atoms with Gasteiger partial charge in [-0.15, -0.1) is 6.42 Å². The van der Waals surface area contributed by atoms with Crippen molar-refractivity contribution in [1.29, 1.82) is 0 Å². The number of terminal acetylenes is 1. The average molecular weight is 258 g/mol. The largest absolute Gasteiger partial charge is 0.339 e. The molecule has 1 fully saturated rings. The number of rotatable bonds is 3.